The minimum Gasteiger partial charge on any atom is -0.396 e. The lowest BCUT2D eigenvalue weighted by Gasteiger charge is -2.12. The molecule has 0 radical (unpaired) electrons. The van der Waals surface area contributed by atoms with Gasteiger partial charge in [0, 0.05) is 12.1 Å². The van der Waals surface area contributed by atoms with Crippen LogP contribution in [-0.4, -0.2) is 21.1 Å². The number of nitrogens with zero attached hydrogens (tertiary/aromatic N) is 2. The van der Waals surface area contributed by atoms with Crippen LogP contribution in [0.1, 0.15) is 18.5 Å². The van der Waals surface area contributed by atoms with Crippen molar-refractivity contribution in [2.45, 2.75) is 12.8 Å². The summed E-state index contributed by atoms with van der Waals surface area (Å²) >= 11 is 0. The molecule has 0 bridgehead atoms. The molecular weight excluding hydrogens is 212 g/mol. The number of aliphatic hydroxyl groups is 1. The molecule has 0 saturated heterocycles. The first-order chi connectivity index (χ1) is 8.31. The molecule has 1 aromatic carbocycles. The van der Waals surface area contributed by atoms with Crippen molar-refractivity contribution >= 4 is 16.6 Å². The van der Waals surface area contributed by atoms with Crippen molar-refractivity contribution in [3.8, 4) is 0 Å². The number of fused-ring (bicyclic) bond motifs is 3. The molecule has 1 unspecified atom stereocenters. The first-order valence-electron chi connectivity index (χ1n) is 5.78. The zero-order valence-corrected chi connectivity index (χ0v) is 9.67. The predicted octanol–water partition coefficient (Wildman–Crippen LogP) is 2.58. The van der Waals surface area contributed by atoms with E-state index in [0.717, 1.165) is 22.2 Å². The molecule has 2 heterocycles. The van der Waals surface area contributed by atoms with Crippen LogP contribution in [0.5, 0.6) is 0 Å². The van der Waals surface area contributed by atoms with E-state index in [1.165, 1.54) is 0 Å². The van der Waals surface area contributed by atoms with Crippen molar-refractivity contribution in [2.75, 3.05) is 6.61 Å². The van der Waals surface area contributed by atoms with Gasteiger partial charge < -0.3 is 9.51 Å². The molecule has 0 aliphatic rings. The van der Waals surface area contributed by atoms with Crippen LogP contribution in [0.4, 0.5) is 0 Å². The van der Waals surface area contributed by atoms with Gasteiger partial charge in [-0.15, -0.1) is 0 Å². The van der Waals surface area contributed by atoms with Gasteiger partial charge in [0.2, 0.25) is 0 Å². The van der Waals surface area contributed by atoms with Crippen LogP contribution in [0, 0.1) is 0 Å². The van der Waals surface area contributed by atoms with Crippen molar-refractivity contribution in [3.05, 3.63) is 48.3 Å². The lowest BCUT2D eigenvalue weighted by atomic mass is 10.1. The Hall–Kier alpha value is -1.87. The highest BCUT2D eigenvalue weighted by Gasteiger charge is 2.12. The molecule has 0 saturated carbocycles. The van der Waals surface area contributed by atoms with Crippen molar-refractivity contribution in [2.24, 2.45) is 0 Å². The monoisotopic (exact) mass is 226 g/mol. The number of para-hydroxylation sites is 2. The third-order valence-corrected chi connectivity index (χ3v) is 3.13. The number of benzene rings is 1. The Labute approximate surface area is 99.3 Å². The fourth-order valence-corrected chi connectivity index (χ4v) is 2.20. The molecule has 1 atom stereocenters. The molecule has 2 aromatic heterocycles. The standard InChI is InChI=1S/C14H14N2O/c1-10(9-17)14-13-7-4-8-16(13)12-6-3-2-5-11(12)15-14/h2-8,10,17H,9H2,1H3. The number of hydrogen-bond acceptors (Lipinski definition) is 2. The molecule has 3 heteroatoms. The molecule has 3 nitrogen and oxygen atoms in total. The van der Waals surface area contributed by atoms with E-state index in [1.54, 1.807) is 0 Å². The molecule has 3 aromatic rings. The molecule has 1 N–H and O–H groups in total. The Balaban J connectivity index is 2.43. The van der Waals surface area contributed by atoms with Gasteiger partial charge in [-0.1, -0.05) is 19.1 Å². The fourth-order valence-electron chi connectivity index (χ4n) is 2.20. The smallest absolute Gasteiger partial charge is 0.0874 e. The third kappa shape index (κ3) is 1.51. The van der Waals surface area contributed by atoms with Crippen LogP contribution < -0.4 is 0 Å². The van der Waals surface area contributed by atoms with Crippen molar-refractivity contribution in [1.82, 2.24) is 9.38 Å². The number of aromatic nitrogens is 2. The van der Waals surface area contributed by atoms with Crippen LogP contribution in [0.25, 0.3) is 16.6 Å². The minimum atomic E-state index is 0.0528. The molecule has 86 valence electrons. The maximum Gasteiger partial charge on any atom is 0.0874 e. The van der Waals surface area contributed by atoms with E-state index < -0.39 is 0 Å². The summed E-state index contributed by atoms with van der Waals surface area (Å²) in [5, 5.41) is 9.31. The largest absolute Gasteiger partial charge is 0.396 e. The summed E-state index contributed by atoms with van der Waals surface area (Å²) in [5.74, 6) is 0.0528. The van der Waals surface area contributed by atoms with Gasteiger partial charge in [0.15, 0.2) is 0 Å². The second-order valence-electron chi connectivity index (χ2n) is 4.33. The molecular formula is C14H14N2O. The van der Waals surface area contributed by atoms with E-state index in [1.807, 2.05) is 43.5 Å². The van der Waals surface area contributed by atoms with Gasteiger partial charge in [-0.3, -0.25) is 0 Å². The average Bonchev–Trinajstić information content (AvgIpc) is 2.86. The van der Waals surface area contributed by atoms with E-state index in [9.17, 15) is 5.11 Å². The Kier molecular flexibility index (Phi) is 2.34. The van der Waals surface area contributed by atoms with Crippen LogP contribution in [0.2, 0.25) is 0 Å². The highest BCUT2D eigenvalue weighted by atomic mass is 16.3. The third-order valence-electron chi connectivity index (χ3n) is 3.13. The first-order valence-corrected chi connectivity index (χ1v) is 5.78. The Morgan fingerprint density at radius 3 is 2.76 bits per heavy atom. The number of aliphatic hydroxyl groups excluding tert-OH is 1. The molecule has 0 aliphatic carbocycles. The lowest BCUT2D eigenvalue weighted by molar-refractivity contribution is 0.271. The van der Waals surface area contributed by atoms with Crippen molar-refractivity contribution < 1.29 is 5.11 Å². The number of hydrogen-bond donors (Lipinski definition) is 1. The van der Waals surface area contributed by atoms with Crippen LogP contribution in [0.3, 0.4) is 0 Å². The molecule has 3 rings (SSSR count). The van der Waals surface area contributed by atoms with Gasteiger partial charge >= 0.3 is 0 Å². The van der Waals surface area contributed by atoms with Crippen molar-refractivity contribution in [1.29, 1.82) is 0 Å². The molecule has 17 heavy (non-hydrogen) atoms. The summed E-state index contributed by atoms with van der Waals surface area (Å²) < 4.78 is 2.13. The molecule has 0 aliphatic heterocycles. The summed E-state index contributed by atoms with van der Waals surface area (Å²) in [6.45, 7) is 2.11. The van der Waals surface area contributed by atoms with Gasteiger partial charge in [0.1, 0.15) is 0 Å². The normalized spacial score (nSPS) is 13.3. The summed E-state index contributed by atoms with van der Waals surface area (Å²) in [6.07, 6.45) is 2.03. The first kappa shape index (κ1) is 10.3. The maximum atomic E-state index is 9.31. The van der Waals surface area contributed by atoms with Gasteiger partial charge in [-0.2, -0.15) is 0 Å². The average molecular weight is 226 g/mol. The number of rotatable bonds is 2. The summed E-state index contributed by atoms with van der Waals surface area (Å²) in [5.41, 5.74) is 4.09. The molecule has 0 spiro atoms. The summed E-state index contributed by atoms with van der Waals surface area (Å²) in [6, 6.07) is 12.1. The second-order valence-corrected chi connectivity index (χ2v) is 4.33. The van der Waals surface area contributed by atoms with E-state index in [4.69, 9.17) is 0 Å². The zero-order valence-electron chi connectivity index (χ0n) is 9.67. The van der Waals surface area contributed by atoms with Crippen LogP contribution in [0.15, 0.2) is 42.6 Å². The van der Waals surface area contributed by atoms with E-state index in [0.29, 0.717) is 0 Å². The minimum absolute atomic E-state index is 0.0528. The van der Waals surface area contributed by atoms with E-state index in [-0.39, 0.29) is 12.5 Å². The summed E-state index contributed by atoms with van der Waals surface area (Å²) in [7, 11) is 0. The Morgan fingerprint density at radius 1 is 1.18 bits per heavy atom. The summed E-state index contributed by atoms with van der Waals surface area (Å²) in [4.78, 5) is 4.67. The predicted molar refractivity (Wildman–Crippen MR) is 68.2 cm³/mol. The van der Waals surface area contributed by atoms with E-state index in [2.05, 4.69) is 15.5 Å². The zero-order chi connectivity index (χ0) is 11.8. The highest BCUT2D eigenvalue weighted by molar-refractivity contribution is 5.79. The van der Waals surface area contributed by atoms with Gasteiger partial charge in [-0.25, -0.2) is 4.98 Å². The quantitative estimate of drug-likeness (QED) is 0.729. The lowest BCUT2D eigenvalue weighted by Crippen LogP contribution is -2.05. The Morgan fingerprint density at radius 2 is 1.94 bits per heavy atom. The maximum absolute atomic E-state index is 9.31. The van der Waals surface area contributed by atoms with Crippen LogP contribution in [-0.2, 0) is 0 Å². The van der Waals surface area contributed by atoms with Gasteiger partial charge in [-0.05, 0) is 24.3 Å². The highest BCUT2D eigenvalue weighted by Crippen LogP contribution is 2.23. The van der Waals surface area contributed by atoms with Gasteiger partial charge in [0.25, 0.3) is 0 Å². The Bertz CT molecular complexity index is 672. The molecule has 0 amide bonds. The molecule has 0 fully saturated rings. The van der Waals surface area contributed by atoms with E-state index >= 15 is 0 Å². The van der Waals surface area contributed by atoms with Crippen LogP contribution >= 0.6 is 0 Å². The fraction of sp³-hybridized carbons (Fsp3) is 0.214. The van der Waals surface area contributed by atoms with Gasteiger partial charge in [0.05, 0.1) is 28.9 Å². The SMILES string of the molecule is CC(CO)c1nc2ccccc2n2cccc12. The second kappa shape index (κ2) is 3.86. The topological polar surface area (TPSA) is 37.5 Å². The van der Waals surface area contributed by atoms with Crippen molar-refractivity contribution in [3.63, 3.8) is 0 Å².